The number of rotatable bonds is 6. The third kappa shape index (κ3) is 5.09. The van der Waals surface area contributed by atoms with E-state index < -0.39 is 0 Å². The number of likely N-dealkylation sites (tertiary alicyclic amines) is 1. The van der Waals surface area contributed by atoms with Gasteiger partial charge in [0, 0.05) is 49.7 Å². The largest absolute Gasteiger partial charge is 0.437 e. The fraction of sp³-hybridized carbons (Fsp3) is 0.231. The predicted molar refractivity (Wildman–Crippen MR) is 124 cm³/mol. The summed E-state index contributed by atoms with van der Waals surface area (Å²) in [5.41, 5.74) is 2.64. The molecule has 0 spiro atoms. The molecular formula is C26H25N5O2. The average Bonchev–Trinajstić information content (AvgIpc) is 3.38. The molecule has 0 radical (unpaired) electrons. The van der Waals surface area contributed by atoms with Crippen LogP contribution in [0.5, 0.6) is 11.6 Å². The number of piperidine rings is 1. The molecule has 166 valence electrons. The molecule has 1 unspecified atom stereocenters. The number of aromatic nitrogens is 4. The lowest BCUT2D eigenvalue weighted by molar-refractivity contribution is 0.0705. The van der Waals surface area contributed by atoms with Crippen molar-refractivity contribution >= 4 is 5.91 Å². The van der Waals surface area contributed by atoms with Crippen molar-refractivity contribution in [1.29, 1.82) is 0 Å². The van der Waals surface area contributed by atoms with Crippen LogP contribution in [0.3, 0.4) is 0 Å². The summed E-state index contributed by atoms with van der Waals surface area (Å²) < 4.78 is 7.84. The zero-order valence-corrected chi connectivity index (χ0v) is 18.2. The number of carbonyl (C=O) groups excluding carboxylic acids is 1. The number of benzene rings is 2. The highest BCUT2D eigenvalue weighted by atomic mass is 16.5. The van der Waals surface area contributed by atoms with Crippen LogP contribution in [0.25, 0.3) is 0 Å². The second kappa shape index (κ2) is 9.65. The normalized spacial score (nSPS) is 15.9. The van der Waals surface area contributed by atoms with Crippen LogP contribution >= 0.6 is 0 Å². The highest BCUT2D eigenvalue weighted by Gasteiger charge is 2.27. The van der Waals surface area contributed by atoms with E-state index in [0.29, 0.717) is 24.5 Å². The first-order valence-electron chi connectivity index (χ1n) is 11.1. The van der Waals surface area contributed by atoms with E-state index in [0.717, 1.165) is 36.4 Å². The number of hydrogen-bond acceptors (Lipinski definition) is 5. The Bertz CT molecular complexity index is 1210. The van der Waals surface area contributed by atoms with E-state index in [-0.39, 0.29) is 11.8 Å². The quantitative estimate of drug-likeness (QED) is 0.441. The number of para-hydroxylation sites is 1. The van der Waals surface area contributed by atoms with Crippen molar-refractivity contribution in [3.8, 4) is 11.6 Å². The summed E-state index contributed by atoms with van der Waals surface area (Å²) in [6, 6.07) is 17.4. The summed E-state index contributed by atoms with van der Waals surface area (Å²) in [5, 5.41) is 0. The van der Waals surface area contributed by atoms with E-state index in [2.05, 4.69) is 15.0 Å². The van der Waals surface area contributed by atoms with E-state index in [1.54, 1.807) is 24.9 Å². The Morgan fingerprint density at radius 1 is 1.06 bits per heavy atom. The zero-order valence-electron chi connectivity index (χ0n) is 18.2. The van der Waals surface area contributed by atoms with Crippen LogP contribution in [0.2, 0.25) is 0 Å². The van der Waals surface area contributed by atoms with Crippen LogP contribution in [0.4, 0.5) is 0 Å². The summed E-state index contributed by atoms with van der Waals surface area (Å²) in [7, 11) is 0. The van der Waals surface area contributed by atoms with Crippen molar-refractivity contribution in [2.45, 2.75) is 25.3 Å². The maximum atomic E-state index is 13.3. The average molecular weight is 440 g/mol. The molecule has 1 atom stereocenters. The summed E-state index contributed by atoms with van der Waals surface area (Å²) in [4.78, 5) is 28.3. The molecule has 1 fully saturated rings. The minimum Gasteiger partial charge on any atom is -0.437 e. The van der Waals surface area contributed by atoms with Gasteiger partial charge in [-0.1, -0.05) is 30.3 Å². The molecule has 0 bridgehead atoms. The number of nitrogens with zero attached hydrogens (tertiary/aromatic N) is 5. The molecule has 0 aliphatic carbocycles. The molecule has 2 aromatic carbocycles. The molecule has 33 heavy (non-hydrogen) atoms. The summed E-state index contributed by atoms with van der Waals surface area (Å²) >= 11 is 0. The molecule has 7 heteroatoms. The first kappa shape index (κ1) is 20.9. The first-order valence-corrected chi connectivity index (χ1v) is 11.1. The van der Waals surface area contributed by atoms with Gasteiger partial charge < -0.3 is 14.2 Å². The van der Waals surface area contributed by atoms with Gasteiger partial charge in [-0.15, -0.1) is 0 Å². The Morgan fingerprint density at radius 2 is 1.97 bits per heavy atom. The van der Waals surface area contributed by atoms with Gasteiger partial charge in [-0.25, -0.2) is 9.97 Å². The van der Waals surface area contributed by atoms with E-state index in [9.17, 15) is 4.79 Å². The molecule has 1 aliphatic rings. The highest BCUT2D eigenvalue weighted by Crippen LogP contribution is 2.28. The van der Waals surface area contributed by atoms with E-state index >= 15 is 0 Å². The van der Waals surface area contributed by atoms with Crippen LogP contribution in [-0.2, 0) is 6.54 Å². The fourth-order valence-corrected chi connectivity index (χ4v) is 4.20. The van der Waals surface area contributed by atoms with Crippen molar-refractivity contribution in [2.75, 3.05) is 13.1 Å². The number of imidazole rings is 1. The molecule has 1 aliphatic heterocycles. The van der Waals surface area contributed by atoms with Gasteiger partial charge in [0.05, 0.1) is 18.2 Å². The Morgan fingerprint density at radius 3 is 2.82 bits per heavy atom. The Hall–Kier alpha value is -4.00. The standard InChI is InChI=1S/C26H25N5O2/c32-26(21-7-4-6-20(14-21)17-30-13-11-27-19-30)31-12-5-8-22(18-31)24-15-28-16-25(29-24)33-23-9-2-1-3-10-23/h1-4,6-7,9-11,13-16,19,22H,5,8,12,17-18H2. The summed E-state index contributed by atoms with van der Waals surface area (Å²) in [5.74, 6) is 1.37. The lowest BCUT2D eigenvalue weighted by Crippen LogP contribution is -2.39. The van der Waals surface area contributed by atoms with Crippen LogP contribution in [0, 0.1) is 0 Å². The smallest absolute Gasteiger partial charge is 0.253 e. The second-order valence-electron chi connectivity index (χ2n) is 8.22. The second-order valence-corrected chi connectivity index (χ2v) is 8.22. The van der Waals surface area contributed by atoms with Crippen LogP contribution in [0.1, 0.15) is 40.4 Å². The topological polar surface area (TPSA) is 73.1 Å². The van der Waals surface area contributed by atoms with Gasteiger partial charge in [-0.05, 0) is 42.7 Å². The Labute approximate surface area is 192 Å². The first-order chi connectivity index (χ1) is 16.2. The Kier molecular flexibility index (Phi) is 6.10. The molecule has 2 aromatic heterocycles. The van der Waals surface area contributed by atoms with Crippen molar-refractivity contribution < 1.29 is 9.53 Å². The maximum absolute atomic E-state index is 13.3. The van der Waals surface area contributed by atoms with Gasteiger partial charge in [0.2, 0.25) is 5.88 Å². The molecule has 5 rings (SSSR count). The Balaban J connectivity index is 1.28. The number of amides is 1. The van der Waals surface area contributed by atoms with Gasteiger partial charge >= 0.3 is 0 Å². The SMILES string of the molecule is O=C(c1cccc(Cn2ccnc2)c1)N1CCCC(c2cncc(Oc3ccccc3)n2)C1. The molecule has 0 saturated carbocycles. The predicted octanol–water partition coefficient (Wildman–Crippen LogP) is 4.53. The monoisotopic (exact) mass is 439 g/mol. The summed E-state index contributed by atoms with van der Waals surface area (Å²) in [6.07, 6.45) is 10.7. The number of hydrogen-bond donors (Lipinski definition) is 0. The minimum atomic E-state index is 0.0526. The van der Waals surface area contributed by atoms with Crippen LogP contribution in [-0.4, -0.2) is 43.4 Å². The van der Waals surface area contributed by atoms with Crippen molar-refractivity contribution in [2.24, 2.45) is 0 Å². The molecular weight excluding hydrogens is 414 g/mol. The summed E-state index contributed by atoms with van der Waals surface area (Å²) in [6.45, 7) is 2.05. The van der Waals surface area contributed by atoms with Crippen LogP contribution < -0.4 is 4.74 Å². The highest BCUT2D eigenvalue weighted by molar-refractivity contribution is 5.94. The number of ether oxygens (including phenoxy) is 1. The van der Waals surface area contributed by atoms with Gasteiger partial charge in [0.15, 0.2) is 0 Å². The van der Waals surface area contributed by atoms with Gasteiger partial charge in [0.25, 0.3) is 5.91 Å². The molecule has 1 amide bonds. The molecule has 1 saturated heterocycles. The third-order valence-corrected chi connectivity index (χ3v) is 5.82. The van der Waals surface area contributed by atoms with E-state index in [4.69, 9.17) is 4.74 Å². The zero-order chi connectivity index (χ0) is 22.5. The van der Waals surface area contributed by atoms with E-state index in [1.807, 2.05) is 70.3 Å². The van der Waals surface area contributed by atoms with Crippen molar-refractivity contribution in [3.63, 3.8) is 0 Å². The third-order valence-electron chi connectivity index (χ3n) is 5.82. The van der Waals surface area contributed by atoms with E-state index in [1.165, 1.54) is 0 Å². The minimum absolute atomic E-state index is 0.0526. The van der Waals surface area contributed by atoms with Crippen molar-refractivity contribution in [1.82, 2.24) is 24.4 Å². The van der Waals surface area contributed by atoms with Gasteiger partial charge in [-0.3, -0.25) is 9.78 Å². The molecule has 4 aromatic rings. The van der Waals surface area contributed by atoms with Crippen LogP contribution in [0.15, 0.2) is 85.7 Å². The maximum Gasteiger partial charge on any atom is 0.253 e. The van der Waals surface area contributed by atoms with Gasteiger partial charge in [-0.2, -0.15) is 0 Å². The lowest BCUT2D eigenvalue weighted by atomic mass is 9.94. The molecule has 7 nitrogen and oxygen atoms in total. The molecule has 0 N–H and O–H groups in total. The molecule has 3 heterocycles. The van der Waals surface area contributed by atoms with Gasteiger partial charge in [0.1, 0.15) is 5.75 Å². The number of carbonyl (C=O) groups is 1. The van der Waals surface area contributed by atoms with Crippen molar-refractivity contribution in [3.05, 3.63) is 103 Å². The lowest BCUT2D eigenvalue weighted by Gasteiger charge is -2.32. The fourth-order valence-electron chi connectivity index (χ4n) is 4.20.